The molecule has 0 bridgehead atoms. The normalized spacial score (nSPS) is 12.4. The molecule has 1 nitrogen and oxygen atoms in total. The van der Waals surface area contributed by atoms with Crippen LogP contribution >= 0.6 is 11.6 Å². The topological polar surface area (TPSA) is 12.0 Å². The third-order valence-electron chi connectivity index (χ3n) is 3.56. The molecule has 1 atom stereocenters. The monoisotopic (exact) mass is 273 g/mol. The molecule has 0 amide bonds. The fraction of sp³-hybridized carbons (Fsp3) is 0.294. The second kappa shape index (κ2) is 6.23. The van der Waals surface area contributed by atoms with E-state index in [2.05, 4.69) is 50.4 Å². The lowest BCUT2D eigenvalue weighted by molar-refractivity contribution is 0.574. The molecule has 2 rings (SSSR count). The van der Waals surface area contributed by atoms with Crippen molar-refractivity contribution in [1.29, 1.82) is 0 Å². The van der Waals surface area contributed by atoms with Gasteiger partial charge in [0.15, 0.2) is 0 Å². The second-order valence-corrected chi connectivity index (χ2v) is 5.45. The molecule has 0 heterocycles. The Kier molecular flexibility index (Phi) is 4.62. The molecule has 0 saturated heterocycles. The van der Waals surface area contributed by atoms with E-state index < -0.39 is 0 Å². The second-order valence-electron chi connectivity index (χ2n) is 5.04. The summed E-state index contributed by atoms with van der Waals surface area (Å²) in [5, 5.41) is 4.34. The number of benzene rings is 2. The Labute approximate surface area is 120 Å². The average molecular weight is 274 g/mol. The first-order valence-corrected chi connectivity index (χ1v) is 6.99. The van der Waals surface area contributed by atoms with Gasteiger partial charge in [-0.25, -0.2) is 0 Å². The SMILES string of the molecule is Cc1ccc(CN[C@H](C)c2ccccc2Cl)cc1C. The van der Waals surface area contributed by atoms with Gasteiger partial charge in [0.2, 0.25) is 0 Å². The highest BCUT2D eigenvalue weighted by Crippen LogP contribution is 2.22. The third-order valence-corrected chi connectivity index (χ3v) is 3.90. The zero-order chi connectivity index (χ0) is 13.8. The van der Waals surface area contributed by atoms with Crippen molar-refractivity contribution in [2.24, 2.45) is 0 Å². The Balaban J connectivity index is 2.02. The Morgan fingerprint density at radius 1 is 1.05 bits per heavy atom. The molecule has 19 heavy (non-hydrogen) atoms. The molecule has 1 N–H and O–H groups in total. The molecule has 0 radical (unpaired) electrons. The molecule has 0 aliphatic heterocycles. The molecule has 0 spiro atoms. The Morgan fingerprint density at radius 3 is 2.47 bits per heavy atom. The number of aryl methyl sites for hydroxylation is 2. The lowest BCUT2D eigenvalue weighted by atomic mass is 10.1. The molecule has 0 fully saturated rings. The van der Waals surface area contributed by atoms with Crippen LogP contribution in [0.4, 0.5) is 0 Å². The molecule has 0 unspecified atom stereocenters. The number of rotatable bonds is 4. The molecule has 0 aliphatic carbocycles. The van der Waals surface area contributed by atoms with Gasteiger partial charge in [0.1, 0.15) is 0 Å². The minimum absolute atomic E-state index is 0.246. The maximum atomic E-state index is 6.21. The zero-order valence-electron chi connectivity index (χ0n) is 11.7. The van der Waals surface area contributed by atoms with Crippen molar-refractivity contribution in [3.8, 4) is 0 Å². The van der Waals surface area contributed by atoms with Crippen LogP contribution in [0.2, 0.25) is 5.02 Å². The molecule has 2 aromatic rings. The summed E-state index contributed by atoms with van der Waals surface area (Å²) >= 11 is 6.21. The standard InChI is InChI=1S/C17H20ClN/c1-12-8-9-15(10-13(12)2)11-19-14(3)16-6-4-5-7-17(16)18/h4-10,14,19H,11H2,1-3H3/t14-/m1/s1. The zero-order valence-corrected chi connectivity index (χ0v) is 12.5. The summed E-state index contributed by atoms with van der Waals surface area (Å²) in [6.07, 6.45) is 0. The van der Waals surface area contributed by atoms with Crippen molar-refractivity contribution >= 4 is 11.6 Å². The van der Waals surface area contributed by atoms with Gasteiger partial charge < -0.3 is 5.32 Å². The Morgan fingerprint density at radius 2 is 1.79 bits per heavy atom. The van der Waals surface area contributed by atoms with Crippen LogP contribution in [0, 0.1) is 13.8 Å². The van der Waals surface area contributed by atoms with Gasteiger partial charge in [-0.2, -0.15) is 0 Å². The highest BCUT2D eigenvalue weighted by atomic mass is 35.5. The maximum Gasteiger partial charge on any atom is 0.0453 e. The summed E-state index contributed by atoms with van der Waals surface area (Å²) in [5.74, 6) is 0. The van der Waals surface area contributed by atoms with E-state index >= 15 is 0 Å². The van der Waals surface area contributed by atoms with Gasteiger partial charge in [0.05, 0.1) is 0 Å². The van der Waals surface area contributed by atoms with E-state index in [1.807, 2.05) is 18.2 Å². The van der Waals surface area contributed by atoms with E-state index in [4.69, 9.17) is 11.6 Å². The Hall–Kier alpha value is -1.31. The molecular formula is C17H20ClN. The lowest BCUT2D eigenvalue weighted by Gasteiger charge is -2.16. The number of hydrogen-bond acceptors (Lipinski definition) is 1. The molecule has 0 aliphatic rings. The van der Waals surface area contributed by atoms with Crippen molar-refractivity contribution in [2.45, 2.75) is 33.4 Å². The summed E-state index contributed by atoms with van der Waals surface area (Å²) in [4.78, 5) is 0. The van der Waals surface area contributed by atoms with E-state index in [9.17, 15) is 0 Å². The molecule has 100 valence electrons. The van der Waals surface area contributed by atoms with Crippen LogP contribution in [0.15, 0.2) is 42.5 Å². The van der Waals surface area contributed by atoms with Crippen LogP contribution in [-0.2, 0) is 6.54 Å². The van der Waals surface area contributed by atoms with Gasteiger partial charge in [0, 0.05) is 17.6 Å². The first-order chi connectivity index (χ1) is 9.08. The van der Waals surface area contributed by atoms with Crippen LogP contribution in [0.5, 0.6) is 0 Å². The summed E-state index contributed by atoms with van der Waals surface area (Å²) in [6.45, 7) is 7.28. The maximum absolute atomic E-state index is 6.21. The highest BCUT2D eigenvalue weighted by Gasteiger charge is 2.08. The van der Waals surface area contributed by atoms with Crippen LogP contribution in [0.25, 0.3) is 0 Å². The summed E-state index contributed by atoms with van der Waals surface area (Å²) < 4.78 is 0. The molecular weight excluding hydrogens is 254 g/mol. The van der Waals surface area contributed by atoms with Gasteiger partial charge in [-0.3, -0.25) is 0 Å². The van der Waals surface area contributed by atoms with Gasteiger partial charge in [-0.1, -0.05) is 48.0 Å². The van der Waals surface area contributed by atoms with Crippen molar-refractivity contribution in [3.63, 3.8) is 0 Å². The fourth-order valence-corrected chi connectivity index (χ4v) is 2.42. The predicted molar refractivity (Wildman–Crippen MR) is 82.6 cm³/mol. The van der Waals surface area contributed by atoms with E-state index in [1.165, 1.54) is 16.7 Å². The van der Waals surface area contributed by atoms with E-state index in [-0.39, 0.29) is 6.04 Å². The fourth-order valence-electron chi connectivity index (χ4n) is 2.12. The van der Waals surface area contributed by atoms with Gasteiger partial charge in [-0.05, 0) is 49.1 Å². The Bertz CT molecular complexity index is 563. The number of hydrogen-bond donors (Lipinski definition) is 1. The molecule has 0 aromatic heterocycles. The largest absolute Gasteiger partial charge is 0.306 e. The third kappa shape index (κ3) is 3.59. The summed E-state index contributed by atoms with van der Waals surface area (Å²) in [5.41, 5.74) is 5.13. The minimum atomic E-state index is 0.246. The summed E-state index contributed by atoms with van der Waals surface area (Å²) in [7, 11) is 0. The first kappa shape index (κ1) is 14.1. The van der Waals surface area contributed by atoms with Crippen LogP contribution in [0.3, 0.4) is 0 Å². The van der Waals surface area contributed by atoms with Crippen molar-refractivity contribution in [2.75, 3.05) is 0 Å². The van der Waals surface area contributed by atoms with Crippen LogP contribution in [0.1, 0.15) is 35.2 Å². The molecule has 2 heteroatoms. The highest BCUT2D eigenvalue weighted by molar-refractivity contribution is 6.31. The minimum Gasteiger partial charge on any atom is -0.306 e. The number of nitrogens with one attached hydrogen (secondary N) is 1. The quantitative estimate of drug-likeness (QED) is 0.843. The predicted octanol–water partition coefficient (Wildman–Crippen LogP) is 4.81. The van der Waals surface area contributed by atoms with Gasteiger partial charge >= 0.3 is 0 Å². The number of halogens is 1. The first-order valence-electron chi connectivity index (χ1n) is 6.62. The molecule has 2 aromatic carbocycles. The van der Waals surface area contributed by atoms with Crippen LogP contribution < -0.4 is 5.32 Å². The van der Waals surface area contributed by atoms with Crippen molar-refractivity contribution in [3.05, 3.63) is 69.7 Å². The van der Waals surface area contributed by atoms with Gasteiger partial charge in [-0.15, -0.1) is 0 Å². The van der Waals surface area contributed by atoms with Crippen molar-refractivity contribution < 1.29 is 0 Å². The molecule has 0 saturated carbocycles. The lowest BCUT2D eigenvalue weighted by Crippen LogP contribution is -2.18. The van der Waals surface area contributed by atoms with E-state index in [1.54, 1.807) is 0 Å². The summed E-state index contributed by atoms with van der Waals surface area (Å²) in [6, 6.07) is 14.8. The van der Waals surface area contributed by atoms with Crippen molar-refractivity contribution in [1.82, 2.24) is 5.32 Å². The van der Waals surface area contributed by atoms with E-state index in [0.29, 0.717) is 0 Å². The van der Waals surface area contributed by atoms with Crippen LogP contribution in [-0.4, -0.2) is 0 Å². The smallest absolute Gasteiger partial charge is 0.0453 e. The van der Waals surface area contributed by atoms with E-state index in [0.717, 1.165) is 17.1 Å². The van der Waals surface area contributed by atoms with Gasteiger partial charge in [0.25, 0.3) is 0 Å². The average Bonchev–Trinajstić information content (AvgIpc) is 2.40.